The van der Waals surface area contributed by atoms with Gasteiger partial charge in [-0.1, -0.05) is 35.9 Å². The van der Waals surface area contributed by atoms with Crippen LogP contribution >= 0.6 is 0 Å². The van der Waals surface area contributed by atoms with E-state index in [0.29, 0.717) is 6.04 Å². The Morgan fingerprint density at radius 2 is 2.00 bits per heavy atom. The van der Waals surface area contributed by atoms with Crippen molar-refractivity contribution < 1.29 is 4.74 Å². The zero-order chi connectivity index (χ0) is 12.5. The predicted molar refractivity (Wildman–Crippen MR) is 74.2 cm³/mol. The molecule has 0 radical (unpaired) electrons. The molecule has 2 heteroatoms. The Morgan fingerprint density at radius 3 is 2.78 bits per heavy atom. The zero-order valence-electron chi connectivity index (χ0n) is 10.7. The molecule has 0 aromatic heterocycles. The van der Waals surface area contributed by atoms with Crippen molar-refractivity contribution in [2.24, 2.45) is 0 Å². The Bertz CT molecular complexity index is 552. The van der Waals surface area contributed by atoms with Gasteiger partial charge in [0, 0.05) is 11.3 Å². The van der Waals surface area contributed by atoms with E-state index < -0.39 is 0 Å². The van der Waals surface area contributed by atoms with Crippen LogP contribution in [0.3, 0.4) is 0 Å². The second-order valence-corrected chi connectivity index (χ2v) is 4.80. The van der Waals surface area contributed by atoms with Gasteiger partial charge >= 0.3 is 0 Å². The summed E-state index contributed by atoms with van der Waals surface area (Å²) >= 11 is 0. The lowest BCUT2D eigenvalue weighted by atomic mass is 10.00. The number of methoxy groups -OCH3 is 1. The molecule has 0 saturated carbocycles. The highest BCUT2D eigenvalue weighted by molar-refractivity contribution is 5.59. The van der Waals surface area contributed by atoms with Crippen LogP contribution in [0.1, 0.15) is 22.7 Å². The Balaban J connectivity index is 1.97. The first kappa shape index (κ1) is 11.1. The summed E-state index contributed by atoms with van der Waals surface area (Å²) in [4.78, 5) is 0. The number of para-hydroxylation sites is 1. The van der Waals surface area contributed by atoms with Gasteiger partial charge in [-0.05, 0) is 31.0 Å². The van der Waals surface area contributed by atoms with Gasteiger partial charge in [-0.3, -0.25) is 0 Å². The molecule has 0 unspecified atom stereocenters. The van der Waals surface area contributed by atoms with Gasteiger partial charge in [0.25, 0.3) is 0 Å². The standard InChI is InChI=1S/C16H17NO/c1-11-7-8-16(18-2)13(9-11)15-10-12-5-3-4-6-14(12)17-15/h3-9,15,17H,10H2,1-2H3/t15-/m0/s1. The van der Waals surface area contributed by atoms with E-state index in [4.69, 9.17) is 4.74 Å². The number of aryl methyl sites for hydroxylation is 1. The molecule has 0 amide bonds. The van der Waals surface area contributed by atoms with Gasteiger partial charge in [-0.25, -0.2) is 0 Å². The van der Waals surface area contributed by atoms with Gasteiger partial charge in [0.15, 0.2) is 0 Å². The number of rotatable bonds is 2. The fourth-order valence-electron chi connectivity index (χ4n) is 2.61. The van der Waals surface area contributed by atoms with E-state index >= 15 is 0 Å². The highest BCUT2D eigenvalue weighted by Crippen LogP contribution is 2.37. The van der Waals surface area contributed by atoms with E-state index in [-0.39, 0.29) is 0 Å². The fourth-order valence-corrected chi connectivity index (χ4v) is 2.61. The van der Waals surface area contributed by atoms with Gasteiger partial charge in [0.1, 0.15) is 5.75 Å². The van der Waals surface area contributed by atoms with Gasteiger partial charge in [-0.2, -0.15) is 0 Å². The van der Waals surface area contributed by atoms with Crippen LogP contribution in [-0.4, -0.2) is 7.11 Å². The smallest absolute Gasteiger partial charge is 0.124 e. The highest BCUT2D eigenvalue weighted by atomic mass is 16.5. The second-order valence-electron chi connectivity index (χ2n) is 4.80. The molecular formula is C16H17NO. The maximum Gasteiger partial charge on any atom is 0.124 e. The van der Waals surface area contributed by atoms with Crippen LogP contribution in [0.25, 0.3) is 0 Å². The first-order chi connectivity index (χ1) is 8.78. The number of nitrogens with one attached hydrogen (secondary N) is 1. The summed E-state index contributed by atoms with van der Waals surface area (Å²) in [5, 5.41) is 3.57. The molecule has 1 heterocycles. The highest BCUT2D eigenvalue weighted by Gasteiger charge is 2.24. The van der Waals surface area contributed by atoms with E-state index in [1.54, 1.807) is 7.11 Å². The SMILES string of the molecule is COc1ccc(C)cc1[C@@H]1Cc2ccccc2N1. The van der Waals surface area contributed by atoms with Crippen LogP contribution < -0.4 is 10.1 Å². The Hall–Kier alpha value is -1.96. The molecule has 1 atom stereocenters. The number of benzene rings is 2. The quantitative estimate of drug-likeness (QED) is 0.862. The molecule has 1 aliphatic rings. The van der Waals surface area contributed by atoms with Crippen LogP contribution in [-0.2, 0) is 6.42 Å². The monoisotopic (exact) mass is 239 g/mol. The molecule has 2 aromatic rings. The molecule has 0 saturated heterocycles. The van der Waals surface area contributed by atoms with Crippen molar-refractivity contribution in [2.45, 2.75) is 19.4 Å². The molecule has 0 fully saturated rings. The number of hydrogen-bond acceptors (Lipinski definition) is 2. The third kappa shape index (κ3) is 1.84. The van der Waals surface area contributed by atoms with Crippen molar-refractivity contribution in [2.75, 3.05) is 12.4 Å². The molecule has 92 valence electrons. The average Bonchev–Trinajstić information content (AvgIpc) is 2.82. The number of hydrogen-bond donors (Lipinski definition) is 1. The van der Waals surface area contributed by atoms with E-state index in [1.807, 2.05) is 0 Å². The third-order valence-corrected chi connectivity index (χ3v) is 3.53. The fraction of sp³-hybridized carbons (Fsp3) is 0.250. The summed E-state index contributed by atoms with van der Waals surface area (Å²) in [6.07, 6.45) is 1.02. The Morgan fingerprint density at radius 1 is 1.17 bits per heavy atom. The summed E-state index contributed by atoms with van der Waals surface area (Å²) in [7, 11) is 1.73. The molecular weight excluding hydrogens is 222 g/mol. The minimum absolute atomic E-state index is 0.317. The average molecular weight is 239 g/mol. The molecule has 2 aromatic carbocycles. The molecule has 2 nitrogen and oxygen atoms in total. The van der Waals surface area contributed by atoms with Crippen molar-refractivity contribution in [3.05, 3.63) is 59.2 Å². The summed E-state index contributed by atoms with van der Waals surface area (Å²) in [5.74, 6) is 0.964. The minimum Gasteiger partial charge on any atom is -0.496 e. The topological polar surface area (TPSA) is 21.3 Å². The Labute approximate surface area is 108 Å². The number of fused-ring (bicyclic) bond motifs is 1. The Kier molecular flexibility index (Phi) is 2.71. The predicted octanol–water partition coefficient (Wildman–Crippen LogP) is 3.71. The van der Waals surface area contributed by atoms with E-state index in [9.17, 15) is 0 Å². The van der Waals surface area contributed by atoms with E-state index in [0.717, 1.165) is 12.2 Å². The summed E-state index contributed by atoms with van der Waals surface area (Å²) in [6, 6.07) is 15.2. The molecule has 0 bridgehead atoms. The molecule has 18 heavy (non-hydrogen) atoms. The van der Waals surface area contributed by atoms with Gasteiger partial charge in [0.05, 0.1) is 13.2 Å². The lowest BCUT2D eigenvalue weighted by Crippen LogP contribution is -2.07. The van der Waals surface area contributed by atoms with Crippen molar-refractivity contribution in [3.8, 4) is 5.75 Å². The third-order valence-electron chi connectivity index (χ3n) is 3.53. The lowest BCUT2D eigenvalue weighted by molar-refractivity contribution is 0.407. The van der Waals surface area contributed by atoms with E-state index in [1.165, 1.54) is 22.4 Å². The summed E-state index contributed by atoms with van der Waals surface area (Å²) < 4.78 is 5.47. The number of anilines is 1. The van der Waals surface area contributed by atoms with Crippen LogP contribution in [0.5, 0.6) is 5.75 Å². The first-order valence-corrected chi connectivity index (χ1v) is 6.27. The maximum atomic E-state index is 5.47. The molecule has 1 N–H and O–H groups in total. The summed E-state index contributed by atoms with van der Waals surface area (Å²) in [6.45, 7) is 2.12. The van der Waals surface area contributed by atoms with Crippen molar-refractivity contribution in [1.82, 2.24) is 0 Å². The molecule has 1 aliphatic heterocycles. The van der Waals surface area contributed by atoms with E-state index in [2.05, 4.69) is 54.7 Å². The van der Waals surface area contributed by atoms with Crippen LogP contribution in [0.15, 0.2) is 42.5 Å². The maximum absolute atomic E-state index is 5.47. The van der Waals surface area contributed by atoms with Crippen LogP contribution in [0.2, 0.25) is 0 Å². The van der Waals surface area contributed by atoms with Crippen molar-refractivity contribution in [3.63, 3.8) is 0 Å². The molecule has 3 rings (SSSR count). The largest absolute Gasteiger partial charge is 0.496 e. The van der Waals surface area contributed by atoms with Crippen LogP contribution in [0, 0.1) is 6.92 Å². The molecule has 0 spiro atoms. The molecule has 0 aliphatic carbocycles. The second kappa shape index (κ2) is 4.37. The van der Waals surface area contributed by atoms with Crippen molar-refractivity contribution >= 4 is 5.69 Å². The number of ether oxygens (including phenoxy) is 1. The lowest BCUT2D eigenvalue weighted by Gasteiger charge is -2.16. The van der Waals surface area contributed by atoms with Gasteiger partial charge in [-0.15, -0.1) is 0 Å². The first-order valence-electron chi connectivity index (χ1n) is 6.27. The minimum atomic E-state index is 0.317. The zero-order valence-corrected chi connectivity index (χ0v) is 10.7. The van der Waals surface area contributed by atoms with Gasteiger partial charge < -0.3 is 10.1 Å². The van der Waals surface area contributed by atoms with Crippen LogP contribution in [0.4, 0.5) is 5.69 Å². The summed E-state index contributed by atoms with van der Waals surface area (Å²) in [5.41, 5.74) is 5.13. The van der Waals surface area contributed by atoms with Gasteiger partial charge in [0.2, 0.25) is 0 Å². The van der Waals surface area contributed by atoms with Crippen molar-refractivity contribution in [1.29, 1.82) is 0 Å². The normalized spacial score (nSPS) is 17.1.